The highest BCUT2D eigenvalue weighted by molar-refractivity contribution is 6.24. The molecule has 2 heterocycles. The minimum Gasteiger partial charge on any atom is -0.486 e. The second kappa shape index (κ2) is 7.82. The fourth-order valence-corrected chi connectivity index (χ4v) is 3.40. The lowest BCUT2D eigenvalue weighted by atomic mass is 10.1. The average Bonchev–Trinajstić information content (AvgIpc) is 2.98. The number of carbonyl (C=O) groups is 3. The van der Waals surface area contributed by atoms with Gasteiger partial charge in [-0.1, -0.05) is 12.1 Å². The van der Waals surface area contributed by atoms with Crippen LogP contribution in [-0.4, -0.2) is 53.8 Å². The molecule has 0 spiro atoms. The number of nitro benzene ring substituents is 1. The van der Waals surface area contributed by atoms with Crippen molar-refractivity contribution in [1.29, 1.82) is 0 Å². The van der Waals surface area contributed by atoms with Gasteiger partial charge in [-0.3, -0.25) is 29.4 Å². The van der Waals surface area contributed by atoms with Crippen molar-refractivity contribution in [2.24, 2.45) is 0 Å². The van der Waals surface area contributed by atoms with E-state index in [2.05, 4.69) is 5.32 Å². The number of ether oxygens (including phenoxy) is 2. The van der Waals surface area contributed by atoms with E-state index in [9.17, 15) is 24.5 Å². The number of hydrogen-bond donors (Lipinski definition) is 1. The Morgan fingerprint density at radius 1 is 1.10 bits per heavy atom. The Balaban J connectivity index is 1.35. The summed E-state index contributed by atoms with van der Waals surface area (Å²) < 4.78 is 11.0. The molecular weight excluding hydrogens is 394 g/mol. The van der Waals surface area contributed by atoms with Crippen LogP contribution in [0.15, 0.2) is 36.4 Å². The van der Waals surface area contributed by atoms with E-state index in [4.69, 9.17) is 9.47 Å². The smallest absolute Gasteiger partial charge is 0.282 e. The maximum absolute atomic E-state index is 12.5. The van der Waals surface area contributed by atoms with E-state index in [1.165, 1.54) is 12.1 Å². The fraction of sp³-hybridized carbons (Fsp3) is 0.250. The highest BCUT2D eigenvalue weighted by Gasteiger charge is 2.41. The van der Waals surface area contributed by atoms with Crippen LogP contribution < -0.4 is 14.8 Å². The molecule has 0 saturated heterocycles. The lowest BCUT2D eigenvalue weighted by Gasteiger charge is -2.19. The van der Waals surface area contributed by atoms with E-state index in [0.29, 0.717) is 31.1 Å². The molecule has 0 atom stereocenters. The monoisotopic (exact) mass is 411 g/mol. The van der Waals surface area contributed by atoms with Crippen molar-refractivity contribution < 1.29 is 28.8 Å². The van der Waals surface area contributed by atoms with E-state index in [0.717, 1.165) is 16.5 Å². The van der Waals surface area contributed by atoms with Crippen LogP contribution in [0, 0.1) is 10.1 Å². The zero-order valence-electron chi connectivity index (χ0n) is 15.8. The van der Waals surface area contributed by atoms with E-state index < -0.39 is 34.9 Å². The van der Waals surface area contributed by atoms with Crippen molar-refractivity contribution in [3.63, 3.8) is 0 Å². The molecule has 4 rings (SSSR count). The minimum atomic E-state index is -0.843. The molecule has 2 aliphatic heterocycles. The van der Waals surface area contributed by atoms with Crippen molar-refractivity contribution in [1.82, 2.24) is 10.2 Å². The van der Waals surface area contributed by atoms with E-state index in [1.807, 2.05) is 12.1 Å². The topological polar surface area (TPSA) is 128 Å². The number of nitrogens with zero attached hydrogens (tertiary/aromatic N) is 2. The average molecular weight is 411 g/mol. The number of fused-ring (bicyclic) bond motifs is 2. The molecule has 154 valence electrons. The Hall–Kier alpha value is -3.95. The first-order chi connectivity index (χ1) is 14.5. The van der Waals surface area contributed by atoms with Gasteiger partial charge in [-0.2, -0.15) is 0 Å². The highest BCUT2D eigenvalue weighted by Crippen LogP contribution is 2.31. The number of rotatable bonds is 6. The molecule has 30 heavy (non-hydrogen) atoms. The largest absolute Gasteiger partial charge is 0.486 e. The molecule has 2 aromatic rings. The number of benzene rings is 2. The summed E-state index contributed by atoms with van der Waals surface area (Å²) in [5, 5.41) is 13.8. The van der Waals surface area contributed by atoms with E-state index in [-0.39, 0.29) is 17.7 Å². The zero-order chi connectivity index (χ0) is 21.3. The van der Waals surface area contributed by atoms with Crippen LogP contribution in [0.25, 0.3) is 0 Å². The van der Waals surface area contributed by atoms with Crippen molar-refractivity contribution in [2.45, 2.75) is 6.42 Å². The van der Waals surface area contributed by atoms with Crippen LogP contribution in [0.5, 0.6) is 11.5 Å². The van der Waals surface area contributed by atoms with Crippen LogP contribution >= 0.6 is 0 Å². The molecule has 0 fully saturated rings. The first-order valence-corrected chi connectivity index (χ1v) is 9.24. The summed E-state index contributed by atoms with van der Waals surface area (Å²) in [5.41, 5.74) is 0.123. The maximum Gasteiger partial charge on any atom is 0.282 e. The van der Waals surface area contributed by atoms with Gasteiger partial charge in [-0.05, 0) is 30.2 Å². The molecule has 0 aliphatic carbocycles. The summed E-state index contributed by atoms with van der Waals surface area (Å²) in [7, 11) is 0. The summed E-state index contributed by atoms with van der Waals surface area (Å²) in [6, 6.07) is 9.33. The number of amides is 3. The molecule has 3 amide bonds. The quantitative estimate of drug-likeness (QED) is 0.431. The maximum atomic E-state index is 12.5. The molecule has 0 radical (unpaired) electrons. The van der Waals surface area contributed by atoms with Crippen LogP contribution in [0.4, 0.5) is 5.69 Å². The van der Waals surface area contributed by atoms with Gasteiger partial charge in [0.2, 0.25) is 5.91 Å². The van der Waals surface area contributed by atoms with Crippen LogP contribution in [-0.2, 0) is 11.2 Å². The SMILES string of the molecule is O=C(CN1C(=O)c2cccc([N+](=O)[O-])c2C1=O)NCCc1ccc2c(c1)OCCO2. The molecule has 2 aliphatic rings. The molecule has 0 saturated carbocycles. The predicted molar refractivity (Wildman–Crippen MR) is 103 cm³/mol. The van der Waals surface area contributed by atoms with E-state index in [1.54, 1.807) is 6.07 Å². The third kappa shape index (κ3) is 3.54. The molecule has 0 unspecified atom stereocenters. The van der Waals surface area contributed by atoms with Gasteiger partial charge in [0, 0.05) is 12.6 Å². The summed E-state index contributed by atoms with van der Waals surface area (Å²) in [5.74, 6) is -0.777. The summed E-state index contributed by atoms with van der Waals surface area (Å²) in [6.45, 7) is 0.751. The molecular formula is C20H17N3O7. The number of imide groups is 1. The molecule has 2 aromatic carbocycles. The molecule has 10 heteroatoms. The summed E-state index contributed by atoms with van der Waals surface area (Å²) in [4.78, 5) is 48.3. The van der Waals surface area contributed by atoms with Gasteiger partial charge in [0.1, 0.15) is 25.3 Å². The number of nitrogens with one attached hydrogen (secondary N) is 1. The Kier molecular flexibility index (Phi) is 5.05. The first-order valence-electron chi connectivity index (χ1n) is 9.24. The predicted octanol–water partition coefficient (Wildman–Crippen LogP) is 1.32. The van der Waals surface area contributed by atoms with Crippen LogP contribution in [0.1, 0.15) is 26.3 Å². The van der Waals surface area contributed by atoms with Crippen molar-refractivity contribution in [3.05, 3.63) is 63.2 Å². The van der Waals surface area contributed by atoms with Crippen molar-refractivity contribution in [2.75, 3.05) is 26.3 Å². The van der Waals surface area contributed by atoms with Crippen molar-refractivity contribution in [3.8, 4) is 11.5 Å². The second-order valence-corrected chi connectivity index (χ2v) is 6.73. The molecule has 0 bridgehead atoms. The molecule has 10 nitrogen and oxygen atoms in total. The fourth-order valence-electron chi connectivity index (χ4n) is 3.40. The first kappa shape index (κ1) is 19.4. The van der Waals surface area contributed by atoms with Gasteiger partial charge >= 0.3 is 0 Å². The third-order valence-electron chi connectivity index (χ3n) is 4.82. The number of nitro groups is 1. The third-order valence-corrected chi connectivity index (χ3v) is 4.82. The van der Waals surface area contributed by atoms with Gasteiger partial charge in [0.25, 0.3) is 17.5 Å². The van der Waals surface area contributed by atoms with Crippen molar-refractivity contribution >= 4 is 23.4 Å². The van der Waals surface area contributed by atoms with Gasteiger partial charge in [-0.15, -0.1) is 0 Å². The van der Waals surface area contributed by atoms with E-state index >= 15 is 0 Å². The molecule has 1 N–H and O–H groups in total. The van der Waals surface area contributed by atoms with Crippen LogP contribution in [0.2, 0.25) is 0 Å². The number of hydrogen-bond acceptors (Lipinski definition) is 7. The Bertz CT molecular complexity index is 1070. The number of carbonyl (C=O) groups excluding carboxylic acids is 3. The Morgan fingerprint density at radius 2 is 1.87 bits per heavy atom. The second-order valence-electron chi connectivity index (χ2n) is 6.73. The van der Waals surface area contributed by atoms with Gasteiger partial charge < -0.3 is 14.8 Å². The Morgan fingerprint density at radius 3 is 2.63 bits per heavy atom. The molecule has 0 aromatic heterocycles. The zero-order valence-corrected chi connectivity index (χ0v) is 15.8. The summed E-state index contributed by atoms with van der Waals surface area (Å²) in [6.07, 6.45) is 0.510. The lowest BCUT2D eigenvalue weighted by molar-refractivity contribution is -0.385. The summed E-state index contributed by atoms with van der Waals surface area (Å²) >= 11 is 0. The van der Waals surface area contributed by atoms with Gasteiger partial charge in [-0.25, -0.2) is 0 Å². The Labute approximate surface area is 170 Å². The van der Waals surface area contributed by atoms with Gasteiger partial charge in [0.05, 0.1) is 10.5 Å². The standard InChI is InChI=1S/C20H17N3O7/c24-17(21-7-6-12-4-5-15-16(10-12)30-9-8-29-15)11-22-19(25)13-2-1-3-14(23(27)28)18(13)20(22)26/h1-5,10H,6-9,11H2,(H,21,24). The lowest BCUT2D eigenvalue weighted by Crippen LogP contribution is -2.40. The highest BCUT2D eigenvalue weighted by atomic mass is 16.6. The normalized spacial score (nSPS) is 14.5. The van der Waals surface area contributed by atoms with Crippen LogP contribution in [0.3, 0.4) is 0 Å². The minimum absolute atomic E-state index is 0.0710. The van der Waals surface area contributed by atoms with Gasteiger partial charge in [0.15, 0.2) is 11.5 Å².